The Balaban J connectivity index is 1.58. The van der Waals surface area contributed by atoms with Gasteiger partial charge in [0, 0.05) is 21.5 Å². The molecule has 0 radical (unpaired) electrons. The average molecular weight is 575 g/mol. The molecular formula is C24H19ClN4O7S2. The molecule has 11 nitrogen and oxygen atoms in total. The molecule has 0 bridgehead atoms. The standard InChI is InChI=1S/C24H19ClN4O7S2/c1-36-14-8-10(2-7-13(14)30)16-17-18(21(33)29(20(17)32)23(26)34)37-22-19(16)38-24(35)28(22)9-15(31)27-12-5-3-11(25)4-6-12/h2-8,16-18,30H,9H2,1H3,(H2,26,34)(H,27,31). The largest absolute Gasteiger partial charge is 0.504 e. The lowest BCUT2D eigenvalue weighted by atomic mass is 9.83. The summed E-state index contributed by atoms with van der Waals surface area (Å²) < 4.78 is 6.45. The third kappa shape index (κ3) is 4.31. The second kappa shape index (κ2) is 9.82. The number of nitrogens with zero attached hydrogens (tertiary/aromatic N) is 2. The first kappa shape index (κ1) is 25.8. The Morgan fingerprint density at radius 2 is 1.84 bits per heavy atom. The number of imide groups is 3. The first-order valence-corrected chi connectivity index (χ1v) is 13.2. The highest BCUT2D eigenvalue weighted by molar-refractivity contribution is 8.00. The molecular weight excluding hydrogens is 556 g/mol. The van der Waals surface area contributed by atoms with Gasteiger partial charge in [-0.1, -0.05) is 40.8 Å². The van der Waals surface area contributed by atoms with Crippen LogP contribution in [0.4, 0.5) is 10.5 Å². The number of anilines is 1. The highest BCUT2D eigenvalue weighted by Crippen LogP contribution is 2.53. The van der Waals surface area contributed by atoms with Crippen LogP contribution in [0.25, 0.3) is 0 Å². The van der Waals surface area contributed by atoms with Gasteiger partial charge in [0.2, 0.25) is 11.8 Å². The Kier molecular flexibility index (Phi) is 6.67. The van der Waals surface area contributed by atoms with Gasteiger partial charge >= 0.3 is 10.9 Å². The van der Waals surface area contributed by atoms with Crippen molar-refractivity contribution in [1.29, 1.82) is 0 Å². The van der Waals surface area contributed by atoms with Gasteiger partial charge in [0.1, 0.15) is 11.8 Å². The Morgan fingerprint density at radius 3 is 2.50 bits per heavy atom. The fraction of sp³-hybridized carbons (Fsp3) is 0.208. The van der Waals surface area contributed by atoms with E-state index in [1.807, 2.05) is 0 Å². The first-order chi connectivity index (χ1) is 18.1. The second-order valence-corrected chi connectivity index (χ2v) is 11.1. The molecule has 0 saturated carbocycles. The summed E-state index contributed by atoms with van der Waals surface area (Å²) in [6.45, 7) is -0.356. The van der Waals surface area contributed by atoms with E-state index in [0.717, 1.165) is 23.1 Å². The molecule has 5 rings (SSSR count). The van der Waals surface area contributed by atoms with Crippen molar-refractivity contribution in [1.82, 2.24) is 9.47 Å². The summed E-state index contributed by atoms with van der Waals surface area (Å²) in [5, 5.41) is 12.5. The number of thioether (sulfide) groups is 1. The quantitative estimate of drug-likeness (QED) is 0.392. The van der Waals surface area contributed by atoms with Gasteiger partial charge in [0.05, 0.1) is 18.1 Å². The number of nitrogens with two attached hydrogens (primary N) is 1. The van der Waals surface area contributed by atoms with Crippen molar-refractivity contribution in [3.05, 3.63) is 67.6 Å². The summed E-state index contributed by atoms with van der Waals surface area (Å²) in [5.74, 6) is -3.98. The topological polar surface area (TPSA) is 161 Å². The number of amides is 5. The Bertz CT molecular complexity index is 1550. The molecule has 0 aliphatic carbocycles. The Morgan fingerprint density at radius 1 is 1.13 bits per heavy atom. The molecule has 1 aromatic heterocycles. The van der Waals surface area contributed by atoms with E-state index in [4.69, 9.17) is 22.1 Å². The van der Waals surface area contributed by atoms with Gasteiger partial charge in [-0.3, -0.25) is 23.7 Å². The van der Waals surface area contributed by atoms with Gasteiger partial charge in [0.25, 0.3) is 5.91 Å². The van der Waals surface area contributed by atoms with Crippen molar-refractivity contribution in [2.75, 3.05) is 12.4 Å². The van der Waals surface area contributed by atoms with Crippen LogP contribution in [0.5, 0.6) is 11.5 Å². The lowest BCUT2D eigenvalue weighted by Gasteiger charge is -2.30. The van der Waals surface area contributed by atoms with E-state index in [1.54, 1.807) is 30.3 Å². The van der Waals surface area contributed by atoms with Crippen molar-refractivity contribution in [3.63, 3.8) is 0 Å². The molecule has 0 spiro atoms. The number of aromatic nitrogens is 1. The monoisotopic (exact) mass is 574 g/mol. The molecule has 2 aliphatic heterocycles. The third-order valence-corrected chi connectivity index (χ3v) is 9.12. The number of nitrogens with one attached hydrogen (secondary N) is 1. The fourth-order valence-corrected chi connectivity index (χ4v) is 7.50. The smallest absolute Gasteiger partial charge is 0.328 e. The Hall–Kier alpha value is -3.81. The van der Waals surface area contributed by atoms with E-state index in [0.29, 0.717) is 31.1 Å². The van der Waals surface area contributed by atoms with Gasteiger partial charge < -0.3 is 20.9 Å². The normalized spacial score (nSPS) is 20.2. The number of fused-ring (bicyclic) bond motifs is 2. The van der Waals surface area contributed by atoms with E-state index >= 15 is 0 Å². The minimum absolute atomic E-state index is 0.122. The number of methoxy groups -OCH3 is 1. The number of ether oxygens (including phenoxy) is 1. The van der Waals surface area contributed by atoms with Crippen LogP contribution in [0.3, 0.4) is 0 Å². The summed E-state index contributed by atoms with van der Waals surface area (Å²) in [4.78, 5) is 64.6. The van der Waals surface area contributed by atoms with Gasteiger partial charge in [-0.15, -0.1) is 0 Å². The van der Waals surface area contributed by atoms with E-state index in [9.17, 15) is 29.1 Å². The molecule has 5 amide bonds. The van der Waals surface area contributed by atoms with Crippen molar-refractivity contribution in [2.45, 2.75) is 22.7 Å². The van der Waals surface area contributed by atoms with E-state index in [-0.39, 0.29) is 18.0 Å². The maximum absolute atomic E-state index is 13.3. The number of phenolic OH excluding ortho intramolecular Hbond substituents is 1. The maximum atomic E-state index is 13.3. The summed E-state index contributed by atoms with van der Waals surface area (Å²) in [5.41, 5.74) is 6.29. The van der Waals surface area contributed by atoms with Gasteiger partial charge in [0.15, 0.2) is 11.5 Å². The van der Waals surface area contributed by atoms with Crippen molar-refractivity contribution in [2.24, 2.45) is 11.7 Å². The molecule has 14 heteroatoms. The molecule has 196 valence electrons. The second-order valence-electron chi connectivity index (χ2n) is 8.50. The number of benzene rings is 2. The number of aromatic hydroxyl groups is 1. The number of urea groups is 1. The molecule has 1 fully saturated rings. The highest BCUT2D eigenvalue weighted by Gasteiger charge is 2.58. The van der Waals surface area contributed by atoms with Gasteiger partial charge in [-0.25, -0.2) is 4.79 Å². The van der Waals surface area contributed by atoms with Crippen molar-refractivity contribution < 1.29 is 29.0 Å². The van der Waals surface area contributed by atoms with E-state index < -0.39 is 45.7 Å². The lowest BCUT2D eigenvalue weighted by Crippen LogP contribution is -2.41. The number of hydrogen-bond acceptors (Lipinski definition) is 9. The molecule has 2 aromatic carbocycles. The van der Waals surface area contributed by atoms with Crippen LogP contribution in [0, 0.1) is 5.92 Å². The molecule has 3 aromatic rings. The number of likely N-dealkylation sites (tertiary alicyclic amines) is 1. The van der Waals surface area contributed by atoms with Crippen molar-refractivity contribution >= 4 is 64.1 Å². The number of primary amides is 1. The van der Waals surface area contributed by atoms with Crippen LogP contribution in [0.15, 0.2) is 52.3 Å². The van der Waals surface area contributed by atoms with Crippen LogP contribution in [0.1, 0.15) is 16.4 Å². The summed E-state index contributed by atoms with van der Waals surface area (Å²) in [7, 11) is 1.36. The Labute approximate surface area is 228 Å². The number of phenols is 1. The zero-order chi connectivity index (χ0) is 27.3. The van der Waals surface area contributed by atoms with Crippen LogP contribution >= 0.6 is 34.7 Å². The third-order valence-electron chi connectivity index (χ3n) is 6.26. The highest BCUT2D eigenvalue weighted by atomic mass is 35.5. The summed E-state index contributed by atoms with van der Waals surface area (Å²) in [6.07, 6.45) is 0. The molecule has 3 heterocycles. The zero-order valence-corrected chi connectivity index (χ0v) is 21.9. The van der Waals surface area contributed by atoms with Crippen molar-refractivity contribution in [3.8, 4) is 11.5 Å². The number of carbonyl (C=O) groups excluding carboxylic acids is 4. The number of rotatable bonds is 5. The van der Waals surface area contributed by atoms with Crippen LogP contribution in [-0.4, -0.2) is 50.7 Å². The van der Waals surface area contributed by atoms with Gasteiger partial charge in [-0.05, 0) is 42.0 Å². The SMILES string of the molecule is COc1cc(C2c3sc(=O)n(CC(=O)Nc4ccc(Cl)cc4)c3SC3C(=O)N(C(N)=O)C(=O)C32)ccc1O. The van der Waals surface area contributed by atoms with E-state index in [1.165, 1.54) is 23.8 Å². The minimum atomic E-state index is -1.19. The van der Waals surface area contributed by atoms with Crippen LogP contribution in [-0.2, 0) is 20.9 Å². The number of carbonyl (C=O) groups is 4. The molecule has 2 aliphatic rings. The fourth-order valence-electron chi connectivity index (χ4n) is 4.60. The van der Waals surface area contributed by atoms with Crippen LogP contribution in [0.2, 0.25) is 5.02 Å². The summed E-state index contributed by atoms with van der Waals surface area (Å²) in [6, 6.07) is 9.67. The molecule has 1 saturated heterocycles. The average Bonchev–Trinajstić information content (AvgIpc) is 3.32. The lowest BCUT2D eigenvalue weighted by molar-refractivity contribution is -0.135. The predicted molar refractivity (Wildman–Crippen MR) is 140 cm³/mol. The number of halogens is 1. The van der Waals surface area contributed by atoms with E-state index in [2.05, 4.69) is 5.32 Å². The molecule has 3 atom stereocenters. The van der Waals surface area contributed by atoms with Gasteiger partial charge in [-0.2, -0.15) is 4.90 Å². The molecule has 38 heavy (non-hydrogen) atoms. The van der Waals surface area contributed by atoms with Crippen LogP contribution < -0.4 is 20.7 Å². The summed E-state index contributed by atoms with van der Waals surface area (Å²) >= 11 is 7.67. The predicted octanol–water partition coefficient (Wildman–Crippen LogP) is 2.59. The minimum Gasteiger partial charge on any atom is -0.504 e. The molecule has 3 unspecified atom stereocenters. The zero-order valence-electron chi connectivity index (χ0n) is 19.5. The first-order valence-electron chi connectivity index (χ1n) is 11.1. The molecule has 4 N–H and O–H groups in total. The maximum Gasteiger partial charge on any atom is 0.328 e. The number of hydrogen-bond donors (Lipinski definition) is 3. The number of thiazole rings is 1.